The number of hydrogen-bond donors (Lipinski definition) is 1. The summed E-state index contributed by atoms with van der Waals surface area (Å²) in [6.45, 7) is 4.17. The van der Waals surface area contributed by atoms with Crippen LogP contribution in [0.1, 0.15) is 26.4 Å². The Morgan fingerprint density at radius 3 is 2.45 bits per heavy atom. The number of nitrogens with one attached hydrogen (secondary N) is 1. The van der Waals surface area contributed by atoms with Crippen molar-refractivity contribution in [1.29, 1.82) is 0 Å². The van der Waals surface area contributed by atoms with Crippen molar-refractivity contribution in [3.8, 4) is 0 Å². The Hall–Kier alpha value is -2.39. The number of ketones is 1. The van der Waals surface area contributed by atoms with Gasteiger partial charge >= 0.3 is 0 Å². The van der Waals surface area contributed by atoms with E-state index in [2.05, 4.69) is 25.2 Å². The lowest BCUT2D eigenvalue weighted by Crippen LogP contribution is -2.04. The molecule has 1 heterocycles. The summed E-state index contributed by atoms with van der Waals surface area (Å²) >= 11 is 1.47. The smallest absolute Gasteiger partial charge is 0.205 e. The van der Waals surface area contributed by atoms with Crippen LogP contribution in [0.5, 0.6) is 0 Å². The number of rotatable bonds is 4. The Labute approximate surface area is 134 Å². The van der Waals surface area contributed by atoms with Crippen LogP contribution in [0.25, 0.3) is 0 Å². The summed E-state index contributed by atoms with van der Waals surface area (Å²) in [4.78, 5) is 13.4. The summed E-state index contributed by atoms with van der Waals surface area (Å²) in [5.74, 6) is 0.0587. The first kappa shape index (κ1) is 14.5. The van der Waals surface area contributed by atoms with Gasteiger partial charge in [-0.25, -0.2) is 0 Å². The summed E-state index contributed by atoms with van der Waals surface area (Å²) in [5.41, 5.74) is 5.00. The fourth-order valence-electron chi connectivity index (χ4n) is 2.36. The van der Waals surface area contributed by atoms with E-state index in [0.29, 0.717) is 5.56 Å². The van der Waals surface area contributed by atoms with Crippen LogP contribution < -0.4 is 5.32 Å². The van der Waals surface area contributed by atoms with Gasteiger partial charge < -0.3 is 5.32 Å². The third-order valence-corrected chi connectivity index (χ3v) is 4.66. The van der Waals surface area contributed by atoms with Gasteiger partial charge in [-0.1, -0.05) is 30.3 Å². The number of thiophene rings is 1. The maximum atomic E-state index is 12.6. The maximum absolute atomic E-state index is 12.6. The monoisotopic (exact) mass is 307 g/mol. The van der Waals surface area contributed by atoms with Crippen molar-refractivity contribution in [2.75, 3.05) is 5.32 Å². The van der Waals surface area contributed by atoms with E-state index in [9.17, 15) is 4.79 Å². The van der Waals surface area contributed by atoms with Crippen LogP contribution in [0, 0.1) is 13.8 Å². The Kier molecular flexibility index (Phi) is 4.07. The Morgan fingerprint density at radius 2 is 1.68 bits per heavy atom. The van der Waals surface area contributed by atoms with E-state index >= 15 is 0 Å². The quantitative estimate of drug-likeness (QED) is 0.659. The van der Waals surface area contributed by atoms with Crippen LogP contribution in [0.4, 0.5) is 11.4 Å². The molecule has 0 atom stereocenters. The van der Waals surface area contributed by atoms with E-state index in [1.165, 1.54) is 22.5 Å². The highest BCUT2D eigenvalue weighted by Gasteiger charge is 2.14. The van der Waals surface area contributed by atoms with Gasteiger partial charge in [-0.05, 0) is 54.6 Å². The van der Waals surface area contributed by atoms with Gasteiger partial charge in [0.2, 0.25) is 5.78 Å². The van der Waals surface area contributed by atoms with Crippen LogP contribution in [0.3, 0.4) is 0 Å². The van der Waals surface area contributed by atoms with Crippen molar-refractivity contribution in [3.63, 3.8) is 0 Å². The zero-order valence-corrected chi connectivity index (χ0v) is 13.4. The van der Waals surface area contributed by atoms with Crippen LogP contribution >= 0.6 is 11.3 Å². The van der Waals surface area contributed by atoms with Crippen LogP contribution in [-0.4, -0.2) is 5.78 Å². The van der Waals surface area contributed by atoms with Crippen molar-refractivity contribution < 1.29 is 4.79 Å². The summed E-state index contributed by atoms with van der Waals surface area (Å²) in [7, 11) is 0. The van der Waals surface area contributed by atoms with E-state index in [4.69, 9.17) is 0 Å². The summed E-state index contributed by atoms with van der Waals surface area (Å²) < 4.78 is 0. The summed E-state index contributed by atoms with van der Waals surface area (Å²) in [6, 6.07) is 17.6. The molecule has 0 spiro atoms. The van der Waals surface area contributed by atoms with Gasteiger partial charge in [0.1, 0.15) is 0 Å². The highest BCUT2D eigenvalue weighted by molar-refractivity contribution is 7.12. The Balaban J connectivity index is 1.98. The van der Waals surface area contributed by atoms with Crippen LogP contribution in [0.15, 0.2) is 60.0 Å². The van der Waals surface area contributed by atoms with Gasteiger partial charge in [0.15, 0.2) is 0 Å². The van der Waals surface area contributed by atoms with E-state index in [1.54, 1.807) is 0 Å². The molecule has 0 aliphatic carbocycles. The summed E-state index contributed by atoms with van der Waals surface area (Å²) in [6.07, 6.45) is 0. The molecular formula is C19H17NOS. The molecule has 0 unspecified atom stereocenters. The highest BCUT2D eigenvalue weighted by atomic mass is 32.1. The zero-order valence-electron chi connectivity index (χ0n) is 12.6. The van der Waals surface area contributed by atoms with Crippen molar-refractivity contribution in [1.82, 2.24) is 0 Å². The van der Waals surface area contributed by atoms with Crippen molar-refractivity contribution in [2.24, 2.45) is 0 Å². The maximum Gasteiger partial charge on any atom is 0.205 e. The number of carbonyl (C=O) groups is 1. The van der Waals surface area contributed by atoms with E-state index in [-0.39, 0.29) is 5.78 Å². The molecule has 0 radical (unpaired) electrons. The highest BCUT2D eigenvalue weighted by Crippen LogP contribution is 2.27. The third-order valence-electron chi connectivity index (χ3n) is 3.79. The molecule has 22 heavy (non-hydrogen) atoms. The van der Waals surface area contributed by atoms with E-state index in [1.807, 2.05) is 53.9 Å². The van der Waals surface area contributed by atoms with Gasteiger partial charge in [0, 0.05) is 16.9 Å². The fraction of sp³-hybridized carbons (Fsp3) is 0.105. The summed E-state index contributed by atoms with van der Waals surface area (Å²) in [5, 5.41) is 5.33. The molecule has 0 aliphatic heterocycles. The van der Waals surface area contributed by atoms with Gasteiger partial charge in [0.05, 0.1) is 4.88 Å². The molecule has 110 valence electrons. The molecule has 0 bridgehead atoms. The molecular weight excluding hydrogens is 290 g/mol. The van der Waals surface area contributed by atoms with Gasteiger partial charge in [0.25, 0.3) is 0 Å². The first-order valence-electron chi connectivity index (χ1n) is 7.17. The zero-order chi connectivity index (χ0) is 15.5. The molecule has 0 saturated carbocycles. The number of carbonyl (C=O) groups excluding carboxylic acids is 1. The van der Waals surface area contributed by atoms with Gasteiger partial charge in [-0.2, -0.15) is 0 Å². The number of benzene rings is 2. The molecule has 0 fully saturated rings. The lowest BCUT2D eigenvalue weighted by molar-refractivity contribution is 0.104. The molecule has 0 saturated heterocycles. The predicted octanol–water partition coefficient (Wildman–Crippen LogP) is 5.34. The number of anilines is 2. The standard InChI is InChI=1S/C19H17NOS/c1-13-7-5-10-16(14(13)2)20-17-9-4-3-8-15(17)19(21)18-11-6-12-22-18/h3-12,20H,1-2H3. The number of hydrogen-bond acceptors (Lipinski definition) is 3. The number of para-hydroxylation sites is 1. The predicted molar refractivity (Wildman–Crippen MR) is 93.4 cm³/mol. The molecule has 1 N–H and O–H groups in total. The Morgan fingerprint density at radius 1 is 0.909 bits per heavy atom. The first-order chi connectivity index (χ1) is 10.7. The molecule has 2 aromatic carbocycles. The van der Waals surface area contributed by atoms with Crippen LogP contribution in [-0.2, 0) is 0 Å². The minimum Gasteiger partial charge on any atom is -0.355 e. The van der Waals surface area contributed by atoms with Crippen molar-refractivity contribution in [2.45, 2.75) is 13.8 Å². The van der Waals surface area contributed by atoms with E-state index < -0.39 is 0 Å². The molecule has 3 heteroatoms. The van der Waals surface area contributed by atoms with Gasteiger partial charge in [-0.15, -0.1) is 11.3 Å². The normalized spacial score (nSPS) is 10.5. The minimum atomic E-state index is 0.0587. The average Bonchev–Trinajstić information content (AvgIpc) is 3.06. The Bertz CT molecular complexity index is 806. The molecule has 1 aromatic heterocycles. The minimum absolute atomic E-state index is 0.0587. The second kappa shape index (κ2) is 6.16. The van der Waals surface area contributed by atoms with Gasteiger partial charge in [-0.3, -0.25) is 4.79 Å². The topological polar surface area (TPSA) is 29.1 Å². The lowest BCUT2D eigenvalue weighted by atomic mass is 10.0. The number of aryl methyl sites for hydroxylation is 1. The second-order valence-electron chi connectivity index (χ2n) is 5.22. The largest absolute Gasteiger partial charge is 0.355 e. The molecule has 0 aliphatic rings. The van der Waals surface area contributed by atoms with E-state index in [0.717, 1.165) is 16.3 Å². The molecule has 3 rings (SSSR count). The third kappa shape index (κ3) is 2.81. The fourth-order valence-corrected chi connectivity index (χ4v) is 3.04. The SMILES string of the molecule is Cc1cccc(Nc2ccccc2C(=O)c2cccs2)c1C. The second-order valence-corrected chi connectivity index (χ2v) is 6.17. The molecule has 2 nitrogen and oxygen atoms in total. The molecule has 3 aromatic rings. The van der Waals surface area contributed by atoms with Crippen molar-refractivity contribution in [3.05, 3.63) is 81.5 Å². The first-order valence-corrected chi connectivity index (χ1v) is 8.05. The van der Waals surface area contributed by atoms with Crippen molar-refractivity contribution >= 4 is 28.5 Å². The lowest BCUT2D eigenvalue weighted by Gasteiger charge is -2.14. The molecule has 0 amide bonds. The van der Waals surface area contributed by atoms with Crippen LogP contribution in [0.2, 0.25) is 0 Å². The average molecular weight is 307 g/mol.